The molecule has 5 nitrogen and oxygen atoms in total. The van der Waals surface area contributed by atoms with E-state index >= 15 is 0 Å². The first kappa shape index (κ1) is 25.9. The van der Waals surface area contributed by atoms with E-state index in [-0.39, 0.29) is 0 Å². The quantitative estimate of drug-likeness (QED) is 0.206. The van der Waals surface area contributed by atoms with Crippen molar-refractivity contribution in [3.05, 3.63) is 158 Å². The SMILES string of the molecule is N#Cc1cc(-c2cncc(-c3ccc(-n4c5ccccc5c5ccccc54)cn3)c2)ccc1-n1c2ccccc2c2ccccc21. The molecule has 0 aliphatic rings. The van der Waals surface area contributed by atoms with E-state index in [1.165, 1.54) is 21.5 Å². The predicted octanol–water partition coefficient (Wildman–Crippen LogP) is 9.88. The van der Waals surface area contributed by atoms with E-state index in [0.29, 0.717) is 5.56 Å². The van der Waals surface area contributed by atoms with Gasteiger partial charge in [-0.15, -0.1) is 0 Å². The first-order valence-corrected chi connectivity index (χ1v) is 15.2. The Morgan fingerprint density at radius 1 is 0.478 bits per heavy atom. The molecule has 4 heterocycles. The third-order valence-corrected chi connectivity index (χ3v) is 8.89. The molecule has 9 aromatic rings. The van der Waals surface area contributed by atoms with Crippen LogP contribution in [-0.4, -0.2) is 19.1 Å². The van der Waals surface area contributed by atoms with Gasteiger partial charge in [-0.3, -0.25) is 9.97 Å². The maximum atomic E-state index is 10.3. The molecule has 9 rings (SSSR count). The molecule has 0 aliphatic carbocycles. The lowest BCUT2D eigenvalue weighted by atomic mass is 10.0. The molecule has 214 valence electrons. The third kappa shape index (κ3) is 3.94. The third-order valence-electron chi connectivity index (χ3n) is 8.89. The summed E-state index contributed by atoms with van der Waals surface area (Å²) >= 11 is 0. The van der Waals surface area contributed by atoms with Crippen molar-refractivity contribution < 1.29 is 0 Å². The summed E-state index contributed by atoms with van der Waals surface area (Å²) in [6, 6.07) is 48.4. The summed E-state index contributed by atoms with van der Waals surface area (Å²) in [5.74, 6) is 0. The van der Waals surface area contributed by atoms with Crippen LogP contribution in [0.1, 0.15) is 5.56 Å². The highest BCUT2D eigenvalue weighted by Gasteiger charge is 2.16. The number of benzene rings is 5. The summed E-state index contributed by atoms with van der Waals surface area (Å²) < 4.78 is 4.45. The largest absolute Gasteiger partial charge is 0.308 e. The van der Waals surface area contributed by atoms with Crippen LogP contribution in [0.3, 0.4) is 0 Å². The van der Waals surface area contributed by atoms with Crippen LogP contribution in [-0.2, 0) is 0 Å². The van der Waals surface area contributed by atoms with E-state index in [2.05, 4.69) is 123 Å². The number of rotatable bonds is 4. The van der Waals surface area contributed by atoms with Crippen molar-refractivity contribution >= 4 is 43.6 Å². The molecule has 0 unspecified atom stereocenters. The van der Waals surface area contributed by atoms with Gasteiger partial charge in [-0.1, -0.05) is 78.9 Å². The van der Waals surface area contributed by atoms with Crippen LogP contribution in [0.15, 0.2) is 152 Å². The van der Waals surface area contributed by atoms with Crippen molar-refractivity contribution in [1.29, 1.82) is 5.26 Å². The fourth-order valence-corrected chi connectivity index (χ4v) is 6.81. The number of nitriles is 1. The smallest absolute Gasteiger partial charge is 0.101 e. The topological polar surface area (TPSA) is 59.4 Å². The number of para-hydroxylation sites is 4. The van der Waals surface area contributed by atoms with E-state index in [1.54, 1.807) is 0 Å². The highest BCUT2D eigenvalue weighted by Crippen LogP contribution is 2.35. The second-order valence-corrected chi connectivity index (χ2v) is 11.4. The van der Waals surface area contributed by atoms with Crippen LogP contribution >= 0.6 is 0 Å². The van der Waals surface area contributed by atoms with Gasteiger partial charge in [-0.05, 0) is 60.2 Å². The van der Waals surface area contributed by atoms with Gasteiger partial charge in [-0.2, -0.15) is 5.26 Å². The van der Waals surface area contributed by atoms with Crippen molar-refractivity contribution in [3.8, 4) is 39.8 Å². The lowest BCUT2D eigenvalue weighted by molar-refractivity contribution is 1.14. The van der Waals surface area contributed by atoms with E-state index in [0.717, 1.165) is 55.8 Å². The molecule has 0 saturated carbocycles. The maximum absolute atomic E-state index is 10.3. The van der Waals surface area contributed by atoms with Crippen LogP contribution < -0.4 is 0 Å². The van der Waals surface area contributed by atoms with Crippen molar-refractivity contribution in [2.45, 2.75) is 0 Å². The Morgan fingerprint density at radius 2 is 1.02 bits per heavy atom. The molecular formula is C41H25N5. The highest BCUT2D eigenvalue weighted by molar-refractivity contribution is 6.10. The van der Waals surface area contributed by atoms with Gasteiger partial charge in [0.1, 0.15) is 6.07 Å². The molecular weight excluding hydrogens is 562 g/mol. The van der Waals surface area contributed by atoms with E-state index in [1.807, 2.05) is 48.9 Å². The number of hydrogen-bond donors (Lipinski definition) is 0. The van der Waals surface area contributed by atoms with Crippen molar-refractivity contribution in [3.63, 3.8) is 0 Å². The zero-order valence-electron chi connectivity index (χ0n) is 24.7. The number of nitrogens with zero attached hydrogens (tertiary/aromatic N) is 5. The Hall–Kier alpha value is -6.51. The molecule has 46 heavy (non-hydrogen) atoms. The van der Waals surface area contributed by atoms with Gasteiger partial charge in [0, 0.05) is 45.1 Å². The van der Waals surface area contributed by atoms with Gasteiger partial charge in [0.15, 0.2) is 0 Å². The van der Waals surface area contributed by atoms with E-state index in [9.17, 15) is 5.26 Å². The molecule has 0 aliphatic heterocycles. The Balaban J connectivity index is 1.10. The first-order valence-electron chi connectivity index (χ1n) is 15.2. The van der Waals surface area contributed by atoms with E-state index in [4.69, 9.17) is 4.98 Å². The van der Waals surface area contributed by atoms with Gasteiger partial charge < -0.3 is 9.13 Å². The molecule has 5 heteroatoms. The van der Waals surface area contributed by atoms with Crippen LogP contribution in [0.5, 0.6) is 0 Å². The summed E-state index contributed by atoms with van der Waals surface area (Å²) in [6.07, 6.45) is 5.60. The normalized spacial score (nSPS) is 11.5. The lowest BCUT2D eigenvalue weighted by Gasteiger charge is -2.12. The van der Waals surface area contributed by atoms with Crippen molar-refractivity contribution in [1.82, 2.24) is 19.1 Å². The number of hydrogen-bond acceptors (Lipinski definition) is 3. The molecule has 0 bridgehead atoms. The molecule has 0 N–H and O–H groups in total. The Labute approximate surface area is 264 Å². The van der Waals surface area contributed by atoms with Crippen LogP contribution in [0.2, 0.25) is 0 Å². The molecule has 0 spiro atoms. The van der Waals surface area contributed by atoms with Gasteiger partial charge in [0.25, 0.3) is 0 Å². The van der Waals surface area contributed by atoms with Gasteiger partial charge in [0.2, 0.25) is 0 Å². The minimum atomic E-state index is 0.600. The molecule has 0 saturated heterocycles. The minimum absolute atomic E-state index is 0.600. The van der Waals surface area contributed by atoms with Crippen molar-refractivity contribution in [2.75, 3.05) is 0 Å². The number of pyridine rings is 2. The maximum Gasteiger partial charge on any atom is 0.101 e. The average Bonchev–Trinajstić information content (AvgIpc) is 3.65. The second kappa shape index (κ2) is 10.3. The average molecular weight is 588 g/mol. The molecule has 0 amide bonds. The van der Waals surface area contributed by atoms with Gasteiger partial charge in [-0.25, -0.2) is 0 Å². The standard InChI is InChI=1S/C41H25N5/c42-23-28-21-27(17-20-37(28)46-40-15-7-3-11-34(40)35-12-4-8-16-41(35)46)29-22-30(25-43-24-29)36-19-18-31(26-44-36)45-38-13-5-1-9-32(38)33-10-2-6-14-39(33)45/h1-22,24-26H. The fraction of sp³-hybridized carbons (Fsp3) is 0. The zero-order valence-corrected chi connectivity index (χ0v) is 24.7. The van der Waals surface area contributed by atoms with E-state index < -0.39 is 0 Å². The Kier molecular flexibility index (Phi) is 5.81. The predicted molar refractivity (Wildman–Crippen MR) is 186 cm³/mol. The van der Waals surface area contributed by atoms with Crippen LogP contribution in [0, 0.1) is 11.3 Å². The highest BCUT2D eigenvalue weighted by atomic mass is 15.0. The number of aromatic nitrogens is 4. The molecule has 5 aromatic carbocycles. The van der Waals surface area contributed by atoms with Gasteiger partial charge >= 0.3 is 0 Å². The lowest BCUT2D eigenvalue weighted by Crippen LogP contribution is -1.98. The molecule has 0 fully saturated rings. The summed E-state index contributed by atoms with van der Waals surface area (Å²) in [4.78, 5) is 9.44. The molecule has 0 radical (unpaired) electrons. The van der Waals surface area contributed by atoms with Gasteiger partial charge in [0.05, 0.1) is 50.9 Å². The van der Waals surface area contributed by atoms with Crippen LogP contribution in [0.4, 0.5) is 0 Å². The Morgan fingerprint density at radius 3 is 1.57 bits per heavy atom. The fourth-order valence-electron chi connectivity index (χ4n) is 6.81. The number of fused-ring (bicyclic) bond motifs is 6. The van der Waals surface area contributed by atoms with Crippen molar-refractivity contribution in [2.24, 2.45) is 0 Å². The first-order chi connectivity index (χ1) is 22.8. The second-order valence-electron chi connectivity index (χ2n) is 11.4. The Bertz CT molecular complexity index is 2550. The summed E-state index contributed by atoms with van der Waals surface area (Å²) in [5, 5.41) is 15.1. The summed E-state index contributed by atoms with van der Waals surface area (Å²) in [6.45, 7) is 0. The molecule has 0 atom stereocenters. The van der Waals surface area contributed by atoms with Crippen LogP contribution in [0.25, 0.3) is 77.4 Å². The minimum Gasteiger partial charge on any atom is -0.308 e. The summed E-state index contributed by atoms with van der Waals surface area (Å²) in [7, 11) is 0. The zero-order chi connectivity index (χ0) is 30.6. The summed E-state index contributed by atoms with van der Waals surface area (Å²) in [5.41, 5.74) is 10.5. The molecule has 4 aromatic heterocycles. The monoisotopic (exact) mass is 587 g/mol.